The number of para-hydroxylation sites is 2. The van der Waals surface area contributed by atoms with E-state index in [4.69, 9.17) is 13.9 Å². The Hall–Kier alpha value is -2.75. The Labute approximate surface area is 128 Å². The van der Waals surface area contributed by atoms with Crippen molar-refractivity contribution >= 4 is 16.9 Å². The van der Waals surface area contributed by atoms with Gasteiger partial charge in [0.2, 0.25) is 5.76 Å². The minimum atomic E-state index is -0.467. The van der Waals surface area contributed by atoms with Gasteiger partial charge in [0, 0.05) is 5.39 Å². The van der Waals surface area contributed by atoms with Crippen molar-refractivity contribution in [2.45, 2.75) is 13.5 Å². The zero-order valence-electron chi connectivity index (χ0n) is 12.2. The lowest BCUT2D eigenvalue weighted by Crippen LogP contribution is -2.07. The number of hydrogen-bond donors (Lipinski definition) is 0. The van der Waals surface area contributed by atoms with Gasteiger partial charge >= 0.3 is 5.97 Å². The van der Waals surface area contributed by atoms with Gasteiger partial charge in [-0.2, -0.15) is 0 Å². The molecule has 112 valence electrons. The SMILES string of the molecule is CCOC(=O)c1oc2ccccc2c1COc1ccccc1. The third-order valence-corrected chi connectivity index (χ3v) is 3.29. The van der Waals surface area contributed by atoms with Crippen molar-refractivity contribution < 1.29 is 18.7 Å². The van der Waals surface area contributed by atoms with E-state index in [1.165, 1.54) is 0 Å². The smallest absolute Gasteiger partial charge is 0.374 e. The molecular weight excluding hydrogens is 280 g/mol. The average molecular weight is 296 g/mol. The Morgan fingerprint density at radius 3 is 2.55 bits per heavy atom. The fraction of sp³-hybridized carbons (Fsp3) is 0.167. The summed E-state index contributed by atoms with van der Waals surface area (Å²) in [6.45, 7) is 2.31. The van der Waals surface area contributed by atoms with E-state index >= 15 is 0 Å². The average Bonchev–Trinajstić information content (AvgIpc) is 2.93. The minimum Gasteiger partial charge on any atom is -0.489 e. The predicted molar refractivity (Wildman–Crippen MR) is 82.9 cm³/mol. The summed E-state index contributed by atoms with van der Waals surface area (Å²) in [5.74, 6) is 0.479. The molecule has 0 spiro atoms. The van der Waals surface area contributed by atoms with E-state index in [1.807, 2.05) is 54.6 Å². The van der Waals surface area contributed by atoms with Crippen LogP contribution in [0.3, 0.4) is 0 Å². The van der Waals surface area contributed by atoms with Crippen molar-refractivity contribution in [2.24, 2.45) is 0 Å². The Kier molecular flexibility index (Phi) is 4.10. The summed E-state index contributed by atoms with van der Waals surface area (Å²) >= 11 is 0. The van der Waals surface area contributed by atoms with Crippen molar-refractivity contribution in [1.82, 2.24) is 0 Å². The Bertz CT molecular complexity index is 774. The van der Waals surface area contributed by atoms with Gasteiger partial charge in [-0.05, 0) is 25.1 Å². The number of benzene rings is 2. The van der Waals surface area contributed by atoms with E-state index in [-0.39, 0.29) is 12.4 Å². The highest BCUT2D eigenvalue weighted by atomic mass is 16.5. The van der Waals surface area contributed by atoms with Crippen molar-refractivity contribution in [3.8, 4) is 5.75 Å². The van der Waals surface area contributed by atoms with E-state index in [0.717, 1.165) is 11.1 Å². The largest absolute Gasteiger partial charge is 0.489 e. The molecule has 0 bridgehead atoms. The first kappa shape index (κ1) is 14.2. The van der Waals surface area contributed by atoms with Gasteiger partial charge in [-0.25, -0.2) is 4.79 Å². The molecule has 1 heterocycles. The van der Waals surface area contributed by atoms with Crippen LogP contribution in [0.5, 0.6) is 5.75 Å². The van der Waals surface area contributed by atoms with Gasteiger partial charge in [0.25, 0.3) is 0 Å². The first-order valence-electron chi connectivity index (χ1n) is 7.15. The Morgan fingerprint density at radius 1 is 1.05 bits per heavy atom. The quantitative estimate of drug-likeness (QED) is 0.662. The van der Waals surface area contributed by atoms with E-state index in [0.29, 0.717) is 17.8 Å². The highest BCUT2D eigenvalue weighted by Crippen LogP contribution is 2.27. The number of furan rings is 1. The van der Waals surface area contributed by atoms with Crippen molar-refractivity contribution in [3.05, 3.63) is 65.9 Å². The molecule has 1 aromatic heterocycles. The van der Waals surface area contributed by atoms with Crippen LogP contribution in [-0.2, 0) is 11.3 Å². The van der Waals surface area contributed by atoms with Crippen LogP contribution >= 0.6 is 0 Å². The molecule has 0 saturated carbocycles. The number of rotatable bonds is 5. The first-order valence-corrected chi connectivity index (χ1v) is 7.15. The van der Waals surface area contributed by atoms with Crippen LogP contribution in [0.2, 0.25) is 0 Å². The lowest BCUT2D eigenvalue weighted by atomic mass is 10.1. The molecule has 0 unspecified atom stereocenters. The van der Waals surface area contributed by atoms with Gasteiger partial charge < -0.3 is 13.9 Å². The monoisotopic (exact) mass is 296 g/mol. The molecule has 22 heavy (non-hydrogen) atoms. The molecule has 0 aliphatic heterocycles. The summed E-state index contributed by atoms with van der Waals surface area (Å²) in [4.78, 5) is 12.1. The summed E-state index contributed by atoms with van der Waals surface area (Å²) in [5, 5.41) is 0.862. The van der Waals surface area contributed by atoms with E-state index in [1.54, 1.807) is 6.92 Å². The van der Waals surface area contributed by atoms with Gasteiger partial charge in [0.15, 0.2) is 0 Å². The van der Waals surface area contributed by atoms with Crippen LogP contribution in [0.1, 0.15) is 23.0 Å². The fourth-order valence-corrected chi connectivity index (χ4v) is 2.28. The number of fused-ring (bicyclic) bond motifs is 1. The molecule has 0 atom stereocenters. The molecule has 0 N–H and O–H groups in total. The molecule has 0 radical (unpaired) electrons. The summed E-state index contributed by atoms with van der Waals surface area (Å²) < 4.78 is 16.5. The molecule has 0 saturated heterocycles. The lowest BCUT2D eigenvalue weighted by Gasteiger charge is -2.06. The van der Waals surface area contributed by atoms with Crippen molar-refractivity contribution in [2.75, 3.05) is 6.61 Å². The molecule has 0 aliphatic rings. The maximum absolute atomic E-state index is 12.1. The number of hydrogen-bond acceptors (Lipinski definition) is 4. The molecule has 3 aromatic rings. The van der Waals surface area contributed by atoms with Crippen LogP contribution in [0.4, 0.5) is 0 Å². The standard InChI is InChI=1S/C18H16O4/c1-2-20-18(19)17-15(12-21-13-8-4-3-5-9-13)14-10-6-7-11-16(14)22-17/h3-11H,2,12H2,1H3. The molecular formula is C18H16O4. The van der Waals surface area contributed by atoms with Crippen LogP contribution < -0.4 is 4.74 Å². The van der Waals surface area contributed by atoms with Crippen LogP contribution in [-0.4, -0.2) is 12.6 Å². The van der Waals surface area contributed by atoms with E-state index < -0.39 is 5.97 Å². The zero-order chi connectivity index (χ0) is 15.4. The summed E-state index contributed by atoms with van der Waals surface area (Å²) in [6.07, 6.45) is 0. The van der Waals surface area contributed by atoms with Crippen molar-refractivity contribution in [1.29, 1.82) is 0 Å². The maximum atomic E-state index is 12.1. The summed E-state index contributed by atoms with van der Waals surface area (Å²) in [6, 6.07) is 16.9. The van der Waals surface area contributed by atoms with E-state index in [9.17, 15) is 4.79 Å². The normalized spacial score (nSPS) is 10.6. The molecule has 0 amide bonds. The Balaban J connectivity index is 1.95. The third-order valence-electron chi connectivity index (χ3n) is 3.29. The topological polar surface area (TPSA) is 48.7 Å². The van der Waals surface area contributed by atoms with Gasteiger partial charge in [0.05, 0.1) is 12.2 Å². The second-order valence-corrected chi connectivity index (χ2v) is 4.73. The van der Waals surface area contributed by atoms with Crippen molar-refractivity contribution in [3.63, 3.8) is 0 Å². The number of ether oxygens (including phenoxy) is 2. The Morgan fingerprint density at radius 2 is 1.77 bits per heavy atom. The second kappa shape index (κ2) is 6.35. The fourth-order valence-electron chi connectivity index (χ4n) is 2.28. The minimum absolute atomic E-state index is 0.207. The first-order chi connectivity index (χ1) is 10.8. The van der Waals surface area contributed by atoms with Gasteiger partial charge in [-0.1, -0.05) is 36.4 Å². The van der Waals surface area contributed by atoms with Crippen LogP contribution in [0.25, 0.3) is 11.0 Å². The molecule has 2 aromatic carbocycles. The highest BCUT2D eigenvalue weighted by molar-refractivity contribution is 5.96. The zero-order valence-corrected chi connectivity index (χ0v) is 12.2. The molecule has 0 fully saturated rings. The third kappa shape index (κ3) is 2.81. The summed E-state index contributed by atoms with van der Waals surface area (Å²) in [5.41, 5.74) is 1.36. The van der Waals surface area contributed by atoms with Crippen LogP contribution in [0, 0.1) is 0 Å². The highest BCUT2D eigenvalue weighted by Gasteiger charge is 2.21. The molecule has 0 aliphatic carbocycles. The number of carbonyl (C=O) groups is 1. The predicted octanol–water partition coefficient (Wildman–Crippen LogP) is 4.19. The van der Waals surface area contributed by atoms with E-state index in [2.05, 4.69) is 0 Å². The number of carbonyl (C=O) groups excluding carboxylic acids is 1. The van der Waals surface area contributed by atoms with Gasteiger partial charge in [0.1, 0.15) is 17.9 Å². The van der Waals surface area contributed by atoms with Crippen LogP contribution in [0.15, 0.2) is 59.0 Å². The maximum Gasteiger partial charge on any atom is 0.374 e. The van der Waals surface area contributed by atoms with Gasteiger partial charge in [-0.3, -0.25) is 0 Å². The molecule has 4 nitrogen and oxygen atoms in total. The lowest BCUT2D eigenvalue weighted by molar-refractivity contribution is 0.0488. The van der Waals surface area contributed by atoms with Gasteiger partial charge in [-0.15, -0.1) is 0 Å². The second-order valence-electron chi connectivity index (χ2n) is 4.73. The number of esters is 1. The molecule has 4 heteroatoms. The summed E-state index contributed by atoms with van der Waals surface area (Å²) in [7, 11) is 0. The molecule has 3 rings (SSSR count).